The minimum atomic E-state index is -0.998. The molecule has 0 aliphatic carbocycles. The van der Waals surface area contributed by atoms with E-state index < -0.39 is 17.6 Å². The molecule has 0 aromatic heterocycles. The highest BCUT2D eigenvalue weighted by Crippen LogP contribution is 2.39. The summed E-state index contributed by atoms with van der Waals surface area (Å²) in [6, 6.07) is 11.9. The molecule has 0 radical (unpaired) electrons. The van der Waals surface area contributed by atoms with E-state index in [1.807, 2.05) is 19.1 Å². The quantitative estimate of drug-likeness (QED) is 0.638. The van der Waals surface area contributed by atoms with Crippen LogP contribution in [0.4, 0.5) is 4.39 Å². The highest BCUT2D eigenvalue weighted by Gasteiger charge is 2.54. The number of hydrogen-bond donors (Lipinski definition) is 1. The Morgan fingerprint density at radius 1 is 1.09 bits per heavy atom. The molecule has 2 aromatic carbocycles. The molecule has 2 saturated heterocycles. The van der Waals surface area contributed by atoms with Crippen LogP contribution in [-0.4, -0.2) is 79.2 Å². The van der Waals surface area contributed by atoms with E-state index in [0.29, 0.717) is 50.2 Å². The molecule has 2 heterocycles. The van der Waals surface area contributed by atoms with Gasteiger partial charge >= 0.3 is 0 Å². The first-order valence-electron chi connectivity index (χ1n) is 11.7. The summed E-state index contributed by atoms with van der Waals surface area (Å²) in [5.41, 5.74) is 0.721. The van der Waals surface area contributed by atoms with Crippen molar-refractivity contribution < 1.29 is 28.2 Å². The standard InChI is InChI=1S/C26H30FN3O5/c1-18-5-3-4-6-21(18)25(33)30-22(23(31)28-13-16-34-2)17-35-26(30)11-14-29(15-12-26)24(32)19-7-9-20(27)10-8-19/h3-10,22H,11-17H2,1-2H3,(H,28,31)/t22-/m0/s1. The molecule has 2 fully saturated rings. The summed E-state index contributed by atoms with van der Waals surface area (Å²) in [6.45, 7) is 3.29. The van der Waals surface area contributed by atoms with Gasteiger partial charge in [-0.15, -0.1) is 0 Å². The van der Waals surface area contributed by atoms with Crippen molar-refractivity contribution in [1.29, 1.82) is 0 Å². The Morgan fingerprint density at radius 2 is 1.77 bits per heavy atom. The molecule has 1 N–H and O–H groups in total. The van der Waals surface area contributed by atoms with Gasteiger partial charge in [0.05, 0.1) is 13.2 Å². The average molecular weight is 484 g/mol. The molecule has 4 rings (SSSR count). The molecule has 8 nitrogen and oxygen atoms in total. The number of aryl methyl sites for hydroxylation is 1. The highest BCUT2D eigenvalue weighted by molar-refractivity contribution is 5.99. The molecule has 2 aliphatic heterocycles. The normalized spacial score (nSPS) is 19.1. The molecule has 186 valence electrons. The Hall–Kier alpha value is -3.30. The van der Waals surface area contributed by atoms with Crippen molar-refractivity contribution in [2.75, 3.05) is 40.0 Å². The lowest BCUT2D eigenvalue weighted by Gasteiger charge is -2.44. The third-order valence-electron chi connectivity index (χ3n) is 6.69. The summed E-state index contributed by atoms with van der Waals surface area (Å²) in [5.74, 6) is -1.18. The third kappa shape index (κ3) is 5.06. The SMILES string of the molecule is COCCNC(=O)[C@@H]1COC2(CCN(C(=O)c3ccc(F)cc3)CC2)N1C(=O)c1ccccc1C. The maximum Gasteiger partial charge on any atom is 0.257 e. The number of ether oxygens (including phenoxy) is 2. The number of carbonyl (C=O) groups is 3. The minimum absolute atomic E-state index is 0.0718. The van der Waals surface area contributed by atoms with Crippen LogP contribution >= 0.6 is 0 Å². The van der Waals surface area contributed by atoms with Crippen molar-refractivity contribution in [1.82, 2.24) is 15.1 Å². The lowest BCUT2D eigenvalue weighted by atomic mass is 9.95. The van der Waals surface area contributed by atoms with Gasteiger partial charge in [0.15, 0.2) is 0 Å². The number of hydrogen-bond acceptors (Lipinski definition) is 5. The highest BCUT2D eigenvalue weighted by atomic mass is 19.1. The molecule has 9 heteroatoms. The van der Waals surface area contributed by atoms with Gasteiger partial charge in [0.1, 0.15) is 17.6 Å². The summed E-state index contributed by atoms with van der Waals surface area (Å²) in [5, 5.41) is 2.82. The van der Waals surface area contributed by atoms with Crippen LogP contribution in [0.2, 0.25) is 0 Å². The summed E-state index contributed by atoms with van der Waals surface area (Å²) in [4.78, 5) is 43.0. The number of nitrogens with zero attached hydrogens (tertiary/aromatic N) is 2. The van der Waals surface area contributed by atoms with E-state index in [9.17, 15) is 18.8 Å². The fraction of sp³-hybridized carbons (Fsp3) is 0.423. The van der Waals surface area contributed by atoms with Crippen LogP contribution in [0.1, 0.15) is 39.1 Å². The Morgan fingerprint density at radius 3 is 2.43 bits per heavy atom. The number of piperidine rings is 1. The molecular weight excluding hydrogens is 453 g/mol. The lowest BCUT2D eigenvalue weighted by Crippen LogP contribution is -2.60. The largest absolute Gasteiger partial charge is 0.383 e. The topological polar surface area (TPSA) is 88.2 Å². The first-order valence-corrected chi connectivity index (χ1v) is 11.7. The van der Waals surface area contributed by atoms with Crippen LogP contribution in [-0.2, 0) is 14.3 Å². The van der Waals surface area contributed by atoms with Crippen LogP contribution in [0.3, 0.4) is 0 Å². The van der Waals surface area contributed by atoms with Gasteiger partial charge in [-0.1, -0.05) is 18.2 Å². The van der Waals surface area contributed by atoms with Crippen LogP contribution in [0.15, 0.2) is 48.5 Å². The van der Waals surface area contributed by atoms with Gasteiger partial charge in [0.2, 0.25) is 5.91 Å². The summed E-state index contributed by atoms with van der Waals surface area (Å²) in [7, 11) is 1.55. The number of likely N-dealkylation sites (tertiary alicyclic amines) is 1. The Kier molecular flexibility index (Phi) is 7.47. The van der Waals surface area contributed by atoms with Crippen molar-refractivity contribution in [2.24, 2.45) is 0 Å². The summed E-state index contributed by atoms with van der Waals surface area (Å²) >= 11 is 0. The van der Waals surface area contributed by atoms with E-state index in [2.05, 4.69) is 5.32 Å². The fourth-order valence-electron chi connectivity index (χ4n) is 4.74. The molecular formula is C26H30FN3O5. The number of halogens is 1. The van der Waals surface area contributed by atoms with Crippen molar-refractivity contribution in [3.05, 3.63) is 71.0 Å². The monoisotopic (exact) mass is 483 g/mol. The smallest absolute Gasteiger partial charge is 0.257 e. The van der Waals surface area contributed by atoms with Gasteiger partial charge in [0.25, 0.3) is 11.8 Å². The zero-order chi connectivity index (χ0) is 25.0. The summed E-state index contributed by atoms with van der Waals surface area (Å²) < 4.78 is 24.5. The second kappa shape index (κ2) is 10.5. The maximum absolute atomic E-state index is 13.8. The fourth-order valence-corrected chi connectivity index (χ4v) is 4.74. The number of carbonyl (C=O) groups excluding carboxylic acids is 3. The predicted octanol–water partition coefficient (Wildman–Crippen LogP) is 2.37. The van der Waals surface area contributed by atoms with Crippen LogP contribution in [0.5, 0.6) is 0 Å². The van der Waals surface area contributed by atoms with E-state index in [1.54, 1.807) is 29.0 Å². The third-order valence-corrected chi connectivity index (χ3v) is 6.69. The molecule has 0 unspecified atom stereocenters. The molecule has 0 saturated carbocycles. The molecule has 1 spiro atoms. The van der Waals surface area contributed by atoms with Crippen LogP contribution in [0, 0.1) is 12.7 Å². The van der Waals surface area contributed by atoms with Crippen molar-refractivity contribution >= 4 is 17.7 Å². The van der Waals surface area contributed by atoms with E-state index in [1.165, 1.54) is 24.3 Å². The number of nitrogens with one attached hydrogen (secondary N) is 1. The van der Waals surface area contributed by atoms with E-state index in [-0.39, 0.29) is 24.3 Å². The Labute approximate surface area is 204 Å². The van der Waals surface area contributed by atoms with Gasteiger partial charge in [-0.25, -0.2) is 4.39 Å². The Bertz CT molecular complexity index is 1080. The molecule has 1 atom stereocenters. The first kappa shape index (κ1) is 24.8. The van der Waals surface area contributed by atoms with Crippen molar-refractivity contribution in [3.63, 3.8) is 0 Å². The van der Waals surface area contributed by atoms with Crippen molar-refractivity contribution in [2.45, 2.75) is 31.5 Å². The zero-order valence-corrected chi connectivity index (χ0v) is 20.0. The lowest BCUT2D eigenvalue weighted by molar-refractivity contribution is -0.128. The minimum Gasteiger partial charge on any atom is -0.383 e. The van der Waals surface area contributed by atoms with E-state index in [4.69, 9.17) is 9.47 Å². The number of benzene rings is 2. The molecule has 0 bridgehead atoms. The molecule has 2 aliphatic rings. The van der Waals surface area contributed by atoms with E-state index in [0.717, 1.165) is 5.56 Å². The number of rotatable bonds is 6. The second-order valence-electron chi connectivity index (χ2n) is 8.85. The van der Waals surface area contributed by atoms with Gasteiger partial charge in [0, 0.05) is 50.7 Å². The second-order valence-corrected chi connectivity index (χ2v) is 8.85. The first-order chi connectivity index (χ1) is 16.9. The maximum atomic E-state index is 13.8. The molecule has 2 aromatic rings. The van der Waals surface area contributed by atoms with Gasteiger partial charge < -0.3 is 19.7 Å². The molecule has 3 amide bonds. The molecule has 35 heavy (non-hydrogen) atoms. The van der Waals surface area contributed by atoms with Gasteiger partial charge in [-0.3, -0.25) is 19.3 Å². The summed E-state index contributed by atoms with van der Waals surface area (Å²) in [6.07, 6.45) is 0.721. The van der Waals surface area contributed by atoms with Crippen molar-refractivity contribution in [3.8, 4) is 0 Å². The average Bonchev–Trinajstić information content (AvgIpc) is 3.23. The van der Waals surface area contributed by atoms with Gasteiger partial charge in [-0.05, 0) is 42.8 Å². The van der Waals surface area contributed by atoms with Crippen LogP contribution < -0.4 is 5.32 Å². The van der Waals surface area contributed by atoms with Crippen LogP contribution in [0.25, 0.3) is 0 Å². The van der Waals surface area contributed by atoms with E-state index >= 15 is 0 Å². The zero-order valence-electron chi connectivity index (χ0n) is 20.0. The number of methoxy groups -OCH3 is 1. The predicted molar refractivity (Wildman–Crippen MR) is 126 cm³/mol. The Balaban J connectivity index is 1.56. The van der Waals surface area contributed by atoms with Gasteiger partial charge in [-0.2, -0.15) is 0 Å². The number of amides is 3.